The predicted octanol–water partition coefficient (Wildman–Crippen LogP) is 1.14. The third-order valence-corrected chi connectivity index (χ3v) is 2.95. The molecule has 18 heavy (non-hydrogen) atoms. The molecule has 0 spiro atoms. The summed E-state index contributed by atoms with van der Waals surface area (Å²) in [6.07, 6.45) is 1.55. The molecule has 0 aliphatic carbocycles. The summed E-state index contributed by atoms with van der Waals surface area (Å²) in [4.78, 5) is 10.7. The van der Waals surface area contributed by atoms with Gasteiger partial charge in [-0.3, -0.25) is 0 Å². The molecule has 100 valence electrons. The van der Waals surface area contributed by atoms with Gasteiger partial charge in [-0.1, -0.05) is 0 Å². The quantitative estimate of drug-likeness (QED) is 0.870. The molecule has 1 aromatic heterocycles. The highest BCUT2D eigenvalue weighted by molar-refractivity contribution is 5.64. The fourth-order valence-corrected chi connectivity index (χ4v) is 2.15. The first-order chi connectivity index (χ1) is 8.57. The van der Waals surface area contributed by atoms with Crippen LogP contribution in [0.4, 0.5) is 11.6 Å². The van der Waals surface area contributed by atoms with Gasteiger partial charge in [0.2, 0.25) is 5.75 Å². The first kappa shape index (κ1) is 12.9. The highest BCUT2D eigenvalue weighted by Crippen LogP contribution is 2.33. The van der Waals surface area contributed by atoms with Crippen LogP contribution in [0.25, 0.3) is 0 Å². The molecule has 1 N–H and O–H groups in total. The Bertz CT molecular complexity index is 423. The van der Waals surface area contributed by atoms with Crippen LogP contribution in [0, 0.1) is 0 Å². The molecule has 0 aromatic carbocycles. The number of nitrogens with one attached hydrogen (secondary N) is 1. The van der Waals surface area contributed by atoms with Crippen LogP contribution in [-0.4, -0.2) is 49.4 Å². The van der Waals surface area contributed by atoms with E-state index >= 15 is 0 Å². The van der Waals surface area contributed by atoms with Gasteiger partial charge in [0.25, 0.3) is 0 Å². The Labute approximate surface area is 107 Å². The SMILES string of the molecule is CNc1ncnc(N2CCOC(C)(C)C2)c1OC. The molecule has 0 atom stereocenters. The zero-order chi connectivity index (χ0) is 13.2. The average molecular weight is 252 g/mol. The van der Waals surface area contributed by atoms with Crippen molar-refractivity contribution >= 4 is 11.6 Å². The molecule has 1 aromatic rings. The Morgan fingerprint density at radius 1 is 1.44 bits per heavy atom. The molecule has 2 rings (SSSR count). The number of rotatable bonds is 3. The summed E-state index contributed by atoms with van der Waals surface area (Å²) in [5.74, 6) is 2.19. The first-order valence-electron chi connectivity index (χ1n) is 6.03. The minimum atomic E-state index is -0.173. The molecule has 1 aliphatic heterocycles. The van der Waals surface area contributed by atoms with Gasteiger partial charge in [-0.25, -0.2) is 9.97 Å². The molecule has 6 heteroatoms. The number of morpholine rings is 1. The summed E-state index contributed by atoms with van der Waals surface area (Å²) in [5, 5.41) is 3.01. The number of aromatic nitrogens is 2. The van der Waals surface area contributed by atoms with Crippen molar-refractivity contribution in [3.8, 4) is 5.75 Å². The maximum atomic E-state index is 5.71. The van der Waals surface area contributed by atoms with Crippen molar-refractivity contribution in [2.45, 2.75) is 19.4 Å². The van der Waals surface area contributed by atoms with Crippen molar-refractivity contribution in [3.05, 3.63) is 6.33 Å². The van der Waals surface area contributed by atoms with Crippen LogP contribution in [0.15, 0.2) is 6.33 Å². The largest absolute Gasteiger partial charge is 0.490 e. The summed E-state index contributed by atoms with van der Waals surface area (Å²) in [6, 6.07) is 0. The Hall–Kier alpha value is -1.56. The molecule has 6 nitrogen and oxygen atoms in total. The number of methoxy groups -OCH3 is 1. The van der Waals surface area contributed by atoms with E-state index in [0.717, 1.165) is 18.9 Å². The molecule has 1 saturated heterocycles. The minimum absolute atomic E-state index is 0.173. The van der Waals surface area contributed by atoms with Crippen molar-refractivity contribution in [3.63, 3.8) is 0 Å². The number of ether oxygens (including phenoxy) is 2. The molecule has 1 aliphatic rings. The molecular weight excluding hydrogens is 232 g/mol. The van der Waals surface area contributed by atoms with Crippen LogP contribution in [0.5, 0.6) is 5.75 Å². The molecule has 0 amide bonds. The van der Waals surface area contributed by atoms with E-state index in [1.165, 1.54) is 0 Å². The minimum Gasteiger partial charge on any atom is -0.490 e. The van der Waals surface area contributed by atoms with Crippen LogP contribution in [0.1, 0.15) is 13.8 Å². The lowest BCUT2D eigenvalue weighted by Gasteiger charge is -2.39. The predicted molar refractivity (Wildman–Crippen MR) is 70.4 cm³/mol. The maximum absolute atomic E-state index is 5.71. The number of hydrogen-bond acceptors (Lipinski definition) is 6. The van der Waals surface area contributed by atoms with E-state index in [9.17, 15) is 0 Å². The maximum Gasteiger partial charge on any atom is 0.204 e. The Kier molecular flexibility index (Phi) is 3.56. The number of hydrogen-bond donors (Lipinski definition) is 1. The molecule has 0 unspecified atom stereocenters. The number of nitrogens with zero attached hydrogens (tertiary/aromatic N) is 3. The normalized spacial score (nSPS) is 18.6. The van der Waals surface area contributed by atoms with Gasteiger partial charge >= 0.3 is 0 Å². The van der Waals surface area contributed by atoms with E-state index in [0.29, 0.717) is 18.2 Å². The molecule has 1 fully saturated rings. The summed E-state index contributed by atoms with van der Waals surface area (Å²) in [6.45, 7) is 6.43. The number of anilines is 2. The van der Waals surface area contributed by atoms with Crippen LogP contribution in [0.3, 0.4) is 0 Å². The van der Waals surface area contributed by atoms with Crippen LogP contribution in [-0.2, 0) is 4.74 Å². The van der Waals surface area contributed by atoms with E-state index in [-0.39, 0.29) is 5.60 Å². The lowest BCUT2D eigenvalue weighted by Crippen LogP contribution is -2.48. The van der Waals surface area contributed by atoms with Crippen LogP contribution >= 0.6 is 0 Å². The highest BCUT2D eigenvalue weighted by atomic mass is 16.5. The van der Waals surface area contributed by atoms with Crippen molar-refractivity contribution in [2.24, 2.45) is 0 Å². The second-order valence-corrected chi connectivity index (χ2v) is 4.86. The van der Waals surface area contributed by atoms with Crippen molar-refractivity contribution in [1.82, 2.24) is 9.97 Å². The van der Waals surface area contributed by atoms with Gasteiger partial charge in [0.05, 0.1) is 19.3 Å². The van der Waals surface area contributed by atoms with Gasteiger partial charge in [-0.15, -0.1) is 0 Å². The van der Waals surface area contributed by atoms with E-state index in [2.05, 4.69) is 34.0 Å². The summed E-state index contributed by atoms with van der Waals surface area (Å²) in [5.41, 5.74) is -0.173. The second kappa shape index (κ2) is 4.97. The Morgan fingerprint density at radius 2 is 2.22 bits per heavy atom. The summed E-state index contributed by atoms with van der Waals surface area (Å²) < 4.78 is 11.1. The van der Waals surface area contributed by atoms with Gasteiger partial charge < -0.3 is 19.7 Å². The zero-order valence-electron chi connectivity index (χ0n) is 11.4. The Balaban J connectivity index is 2.32. The molecule has 0 bridgehead atoms. The van der Waals surface area contributed by atoms with Gasteiger partial charge in [-0.05, 0) is 13.8 Å². The smallest absolute Gasteiger partial charge is 0.204 e. The molecule has 0 radical (unpaired) electrons. The highest BCUT2D eigenvalue weighted by Gasteiger charge is 2.30. The fraction of sp³-hybridized carbons (Fsp3) is 0.667. The third-order valence-electron chi connectivity index (χ3n) is 2.95. The summed E-state index contributed by atoms with van der Waals surface area (Å²) in [7, 11) is 3.45. The van der Waals surface area contributed by atoms with Gasteiger partial charge in [0, 0.05) is 20.1 Å². The van der Waals surface area contributed by atoms with Crippen LogP contribution < -0.4 is 15.0 Å². The monoisotopic (exact) mass is 252 g/mol. The van der Waals surface area contributed by atoms with Crippen molar-refractivity contribution in [1.29, 1.82) is 0 Å². The van der Waals surface area contributed by atoms with E-state index in [4.69, 9.17) is 9.47 Å². The molecule has 0 saturated carbocycles. The average Bonchev–Trinajstić information content (AvgIpc) is 2.36. The third kappa shape index (κ3) is 2.48. The fourth-order valence-electron chi connectivity index (χ4n) is 2.15. The first-order valence-corrected chi connectivity index (χ1v) is 6.03. The lowest BCUT2D eigenvalue weighted by atomic mass is 10.1. The zero-order valence-corrected chi connectivity index (χ0v) is 11.4. The van der Waals surface area contributed by atoms with E-state index in [1.54, 1.807) is 13.4 Å². The van der Waals surface area contributed by atoms with E-state index < -0.39 is 0 Å². The Morgan fingerprint density at radius 3 is 2.83 bits per heavy atom. The molecule has 2 heterocycles. The second-order valence-electron chi connectivity index (χ2n) is 4.86. The van der Waals surface area contributed by atoms with Crippen LogP contribution in [0.2, 0.25) is 0 Å². The van der Waals surface area contributed by atoms with E-state index in [1.807, 2.05) is 7.05 Å². The van der Waals surface area contributed by atoms with Crippen molar-refractivity contribution < 1.29 is 9.47 Å². The van der Waals surface area contributed by atoms with Gasteiger partial charge in [-0.2, -0.15) is 0 Å². The standard InChI is InChI=1S/C12H20N4O2/c1-12(2)7-16(5-6-18-12)11-9(17-4)10(13-3)14-8-15-11/h8H,5-7H2,1-4H3,(H,13,14,15). The summed E-state index contributed by atoms with van der Waals surface area (Å²) >= 11 is 0. The lowest BCUT2D eigenvalue weighted by molar-refractivity contribution is -0.0280. The molecular formula is C12H20N4O2. The topological polar surface area (TPSA) is 59.5 Å². The van der Waals surface area contributed by atoms with Gasteiger partial charge in [0.15, 0.2) is 11.6 Å². The van der Waals surface area contributed by atoms with Crippen molar-refractivity contribution in [2.75, 3.05) is 44.1 Å². The van der Waals surface area contributed by atoms with Gasteiger partial charge in [0.1, 0.15) is 6.33 Å².